The van der Waals surface area contributed by atoms with Crippen molar-refractivity contribution in [3.05, 3.63) is 53.2 Å². The molecule has 102 valence electrons. The molecule has 2 amide bonds. The Morgan fingerprint density at radius 1 is 1.10 bits per heavy atom. The van der Waals surface area contributed by atoms with Crippen molar-refractivity contribution in [3.63, 3.8) is 0 Å². The molecule has 0 saturated heterocycles. The SMILES string of the molecule is CC(=O)Nc1ccc(NC(=O)c2ccccc2Cl)nc1. The predicted molar refractivity (Wildman–Crippen MR) is 77.9 cm³/mol. The van der Waals surface area contributed by atoms with E-state index in [-0.39, 0.29) is 11.8 Å². The van der Waals surface area contributed by atoms with Crippen LogP contribution in [0.3, 0.4) is 0 Å². The van der Waals surface area contributed by atoms with Crippen molar-refractivity contribution < 1.29 is 9.59 Å². The van der Waals surface area contributed by atoms with Crippen LogP contribution in [-0.4, -0.2) is 16.8 Å². The second-order valence-electron chi connectivity index (χ2n) is 4.05. The van der Waals surface area contributed by atoms with Crippen LogP contribution in [0.2, 0.25) is 5.02 Å². The Balaban J connectivity index is 2.09. The zero-order chi connectivity index (χ0) is 14.5. The van der Waals surface area contributed by atoms with Gasteiger partial charge in [0.25, 0.3) is 5.91 Å². The van der Waals surface area contributed by atoms with Crippen molar-refractivity contribution >= 4 is 34.9 Å². The third-order valence-electron chi connectivity index (χ3n) is 2.44. The van der Waals surface area contributed by atoms with Crippen LogP contribution in [0.5, 0.6) is 0 Å². The van der Waals surface area contributed by atoms with E-state index < -0.39 is 0 Å². The van der Waals surface area contributed by atoms with E-state index in [2.05, 4.69) is 15.6 Å². The smallest absolute Gasteiger partial charge is 0.258 e. The van der Waals surface area contributed by atoms with Crippen molar-refractivity contribution in [2.24, 2.45) is 0 Å². The molecule has 6 heteroatoms. The summed E-state index contributed by atoms with van der Waals surface area (Å²) in [5.41, 5.74) is 0.940. The van der Waals surface area contributed by atoms with Gasteiger partial charge in [-0.15, -0.1) is 0 Å². The lowest BCUT2D eigenvalue weighted by Gasteiger charge is -2.07. The number of carbonyl (C=O) groups excluding carboxylic acids is 2. The molecule has 0 aliphatic carbocycles. The maximum Gasteiger partial charge on any atom is 0.258 e. The molecule has 0 aliphatic heterocycles. The highest BCUT2D eigenvalue weighted by Crippen LogP contribution is 2.17. The first-order chi connectivity index (χ1) is 9.56. The van der Waals surface area contributed by atoms with Gasteiger partial charge in [-0.2, -0.15) is 0 Å². The molecule has 0 radical (unpaired) electrons. The number of halogens is 1. The van der Waals surface area contributed by atoms with Crippen molar-refractivity contribution in [2.75, 3.05) is 10.6 Å². The molecule has 0 aliphatic rings. The first-order valence-electron chi connectivity index (χ1n) is 5.86. The number of anilines is 2. The molecule has 0 saturated carbocycles. The van der Waals surface area contributed by atoms with Crippen molar-refractivity contribution in [1.29, 1.82) is 0 Å². The minimum absolute atomic E-state index is 0.181. The summed E-state index contributed by atoms with van der Waals surface area (Å²) in [6.45, 7) is 1.41. The Bertz CT molecular complexity index is 641. The number of hydrogen-bond donors (Lipinski definition) is 2. The molecule has 5 nitrogen and oxygen atoms in total. The van der Waals surface area contributed by atoms with Crippen LogP contribution in [0.25, 0.3) is 0 Å². The highest BCUT2D eigenvalue weighted by Gasteiger charge is 2.10. The van der Waals surface area contributed by atoms with E-state index in [1.807, 2.05) is 0 Å². The van der Waals surface area contributed by atoms with E-state index in [9.17, 15) is 9.59 Å². The van der Waals surface area contributed by atoms with Gasteiger partial charge in [0.15, 0.2) is 0 Å². The lowest BCUT2D eigenvalue weighted by atomic mass is 10.2. The average molecular weight is 290 g/mol. The maximum atomic E-state index is 12.0. The highest BCUT2D eigenvalue weighted by atomic mass is 35.5. The van der Waals surface area contributed by atoms with Gasteiger partial charge in [-0.05, 0) is 24.3 Å². The number of nitrogens with one attached hydrogen (secondary N) is 2. The van der Waals surface area contributed by atoms with Crippen LogP contribution in [0.15, 0.2) is 42.6 Å². The van der Waals surface area contributed by atoms with Crippen molar-refractivity contribution in [2.45, 2.75) is 6.92 Å². The molecule has 0 fully saturated rings. The number of hydrogen-bond acceptors (Lipinski definition) is 3. The summed E-state index contributed by atoms with van der Waals surface area (Å²) >= 11 is 5.94. The molecule has 0 bridgehead atoms. The van der Waals surface area contributed by atoms with E-state index in [1.165, 1.54) is 13.1 Å². The normalized spacial score (nSPS) is 9.90. The van der Waals surface area contributed by atoms with Gasteiger partial charge in [-0.25, -0.2) is 4.98 Å². The minimum atomic E-state index is -0.338. The monoisotopic (exact) mass is 289 g/mol. The second-order valence-corrected chi connectivity index (χ2v) is 4.45. The Morgan fingerprint density at radius 3 is 2.45 bits per heavy atom. The lowest BCUT2D eigenvalue weighted by Crippen LogP contribution is -2.13. The molecule has 0 spiro atoms. The van der Waals surface area contributed by atoms with Gasteiger partial charge in [0.1, 0.15) is 5.82 Å². The van der Waals surface area contributed by atoms with Gasteiger partial charge in [-0.3, -0.25) is 9.59 Å². The van der Waals surface area contributed by atoms with Crippen LogP contribution in [-0.2, 0) is 4.79 Å². The van der Waals surface area contributed by atoms with E-state index >= 15 is 0 Å². The number of aromatic nitrogens is 1. The molecule has 2 N–H and O–H groups in total. The first-order valence-corrected chi connectivity index (χ1v) is 6.23. The van der Waals surface area contributed by atoms with Gasteiger partial charge in [0.05, 0.1) is 22.5 Å². The first kappa shape index (κ1) is 14.0. The highest BCUT2D eigenvalue weighted by molar-refractivity contribution is 6.34. The van der Waals surface area contributed by atoms with Crippen LogP contribution in [0, 0.1) is 0 Å². The fourth-order valence-electron chi connectivity index (χ4n) is 1.57. The van der Waals surface area contributed by atoms with E-state index in [4.69, 9.17) is 11.6 Å². The largest absolute Gasteiger partial charge is 0.325 e. The Morgan fingerprint density at radius 2 is 1.85 bits per heavy atom. The van der Waals surface area contributed by atoms with Gasteiger partial charge >= 0.3 is 0 Å². The molecule has 1 aromatic heterocycles. The lowest BCUT2D eigenvalue weighted by molar-refractivity contribution is -0.114. The Labute approximate surface area is 121 Å². The number of carbonyl (C=O) groups is 2. The molecular weight excluding hydrogens is 278 g/mol. The Hall–Kier alpha value is -2.40. The van der Waals surface area contributed by atoms with E-state index in [1.54, 1.807) is 36.4 Å². The number of benzene rings is 1. The predicted octanol–water partition coefficient (Wildman–Crippen LogP) is 2.95. The van der Waals surface area contributed by atoms with Crippen LogP contribution >= 0.6 is 11.6 Å². The second kappa shape index (κ2) is 6.16. The fourth-order valence-corrected chi connectivity index (χ4v) is 1.80. The van der Waals surface area contributed by atoms with Gasteiger partial charge in [0, 0.05) is 6.92 Å². The van der Waals surface area contributed by atoms with E-state index in [0.29, 0.717) is 22.1 Å². The minimum Gasteiger partial charge on any atom is -0.325 e. The van der Waals surface area contributed by atoms with Gasteiger partial charge in [-0.1, -0.05) is 23.7 Å². The zero-order valence-corrected chi connectivity index (χ0v) is 11.4. The number of amides is 2. The third-order valence-corrected chi connectivity index (χ3v) is 2.77. The van der Waals surface area contributed by atoms with Crippen LogP contribution in [0.4, 0.5) is 11.5 Å². The van der Waals surface area contributed by atoms with E-state index in [0.717, 1.165) is 0 Å². The third kappa shape index (κ3) is 3.55. The van der Waals surface area contributed by atoms with Crippen molar-refractivity contribution in [3.8, 4) is 0 Å². The topological polar surface area (TPSA) is 71.1 Å². The average Bonchev–Trinajstić information content (AvgIpc) is 2.41. The summed E-state index contributed by atoms with van der Waals surface area (Å²) in [6, 6.07) is 10.00. The number of nitrogens with zero attached hydrogens (tertiary/aromatic N) is 1. The summed E-state index contributed by atoms with van der Waals surface area (Å²) in [5.74, 6) is -0.140. The summed E-state index contributed by atoms with van der Waals surface area (Å²) in [6.07, 6.45) is 1.46. The zero-order valence-electron chi connectivity index (χ0n) is 10.7. The van der Waals surface area contributed by atoms with Crippen LogP contribution < -0.4 is 10.6 Å². The summed E-state index contributed by atoms with van der Waals surface area (Å²) in [4.78, 5) is 26.9. The molecule has 1 heterocycles. The summed E-state index contributed by atoms with van der Waals surface area (Å²) in [5, 5.41) is 5.60. The Kier molecular flexibility index (Phi) is 4.32. The molecule has 2 aromatic rings. The molecule has 0 unspecified atom stereocenters. The standard InChI is InChI=1S/C14H12ClN3O2/c1-9(19)17-10-6-7-13(16-8-10)18-14(20)11-4-2-3-5-12(11)15/h2-8H,1H3,(H,17,19)(H,16,18,20). The molecule has 0 atom stereocenters. The molecular formula is C14H12ClN3O2. The number of rotatable bonds is 3. The quantitative estimate of drug-likeness (QED) is 0.912. The summed E-state index contributed by atoms with van der Waals surface area (Å²) in [7, 11) is 0. The number of pyridine rings is 1. The van der Waals surface area contributed by atoms with Crippen molar-refractivity contribution in [1.82, 2.24) is 4.98 Å². The molecule has 2 rings (SSSR count). The summed E-state index contributed by atoms with van der Waals surface area (Å²) < 4.78 is 0. The van der Waals surface area contributed by atoms with Gasteiger partial charge in [0.2, 0.25) is 5.91 Å². The maximum absolute atomic E-state index is 12.0. The van der Waals surface area contributed by atoms with Gasteiger partial charge < -0.3 is 10.6 Å². The van der Waals surface area contributed by atoms with Crippen LogP contribution in [0.1, 0.15) is 17.3 Å². The molecule has 1 aromatic carbocycles. The molecule has 20 heavy (non-hydrogen) atoms. The fraction of sp³-hybridized carbons (Fsp3) is 0.0714.